The molecule has 126 valence electrons. The average Bonchev–Trinajstić information content (AvgIpc) is 3.13. The maximum Gasteiger partial charge on any atom is 0.312 e. The van der Waals surface area contributed by atoms with Crippen LogP contribution < -0.4 is 5.32 Å². The van der Waals surface area contributed by atoms with Gasteiger partial charge >= 0.3 is 5.97 Å². The number of rotatable bonds is 3. The Morgan fingerprint density at radius 2 is 1.96 bits per heavy atom. The molecule has 2 fully saturated rings. The van der Waals surface area contributed by atoms with Gasteiger partial charge in [-0.3, -0.25) is 4.79 Å². The molecular formula is C17H18N2O4S. The molecule has 0 unspecified atom stereocenters. The molecule has 2 aromatic rings. The molecule has 0 aliphatic carbocycles. The normalized spacial score (nSPS) is 27.4. The van der Waals surface area contributed by atoms with E-state index in [0.717, 1.165) is 5.39 Å². The first-order chi connectivity index (χ1) is 11.4. The molecule has 2 aromatic carbocycles. The van der Waals surface area contributed by atoms with Crippen LogP contribution in [0.3, 0.4) is 0 Å². The van der Waals surface area contributed by atoms with Crippen molar-refractivity contribution >= 4 is 26.8 Å². The summed E-state index contributed by atoms with van der Waals surface area (Å²) in [6.07, 6.45) is 0. The Labute approximate surface area is 140 Å². The molecule has 2 saturated heterocycles. The Balaban J connectivity index is 1.78. The number of fused-ring (bicyclic) bond motifs is 2. The van der Waals surface area contributed by atoms with Crippen LogP contribution in [0.1, 0.15) is 0 Å². The van der Waals surface area contributed by atoms with Crippen molar-refractivity contribution in [1.29, 1.82) is 0 Å². The van der Waals surface area contributed by atoms with Gasteiger partial charge in [0.25, 0.3) is 0 Å². The molecule has 0 spiro atoms. The van der Waals surface area contributed by atoms with Crippen molar-refractivity contribution in [2.45, 2.75) is 4.90 Å². The zero-order valence-corrected chi connectivity index (χ0v) is 13.8. The van der Waals surface area contributed by atoms with E-state index in [4.69, 9.17) is 0 Å². The van der Waals surface area contributed by atoms with Crippen LogP contribution in [0.4, 0.5) is 0 Å². The number of carboxylic acids is 1. The Morgan fingerprint density at radius 1 is 1.21 bits per heavy atom. The molecule has 2 atom stereocenters. The molecule has 6 nitrogen and oxygen atoms in total. The van der Waals surface area contributed by atoms with Gasteiger partial charge in [0.2, 0.25) is 10.0 Å². The lowest BCUT2D eigenvalue weighted by Gasteiger charge is -2.23. The van der Waals surface area contributed by atoms with Crippen molar-refractivity contribution in [1.82, 2.24) is 9.62 Å². The summed E-state index contributed by atoms with van der Waals surface area (Å²) < 4.78 is 27.7. The molecule has 0 bridgehead atoms. The maximum absolute atomic E-state index is 13.2. The zero-order valence-electron chi connectivity index (χ0n) is 13.0. The van der Waals surface area contributed by atoms with E-state index in [-0.39, 0.29) is 23.9 Å². The number of benzene rings is 2. The summed E-state index contributed by atoms with van der Waals surface area (Å²) in [5.41, 5.74) is -1.02. The number of carboxylic acid groups (broad SMARTS) is 1. The Morgan fingerprint density at radius 3 is 2.71 bits per heavy atom. The van der Waals surface area contributed by atoms with E-state index >= 15 is 0 Å². The fourth-order valence-electron chi connectivity index (χ4n) is 3.92. The predicted molar refractivity (Wildman–Crippen MR) is 89.1 cm³/mol. The Hall–Kier alpha value is -1.96. The smallest absolute Gasteiger partial charge is 0.312 e. The number of nitrogens with one attached hydrogen (secondary N) is 1. The average molecular weight is 346 g/mol. The molecule has 2 N–H and O–H groups in total. The number of nitrogens with zero attached hydrogens (tertiary/aromatic N) is 1. The van der Waals surface area contributed by atoms with Crippen molar-refractivity contribution < 1.29 is 18.3 Å². The highest BCUT2D eigenvalue weighted by molar-refractivity contribution is 7.89. The van der Waals surface area contributed by atoms with Gasteiger partial charge in [-0.15, -0.1) is 0 Å². The van der Waals surface area contributed by atoms with E-state index in [9.17, 15) is 18.3 Å². The van der Waals surface area contributed by atoms with Crippen molar-refractivity contribution in [3.05, 3.63) is 42.5 Å². The number of carbonyl (C=O) groups is 1. The van der Waals surface area contributed by atoms with E-state index in [1.807, 2.05) is 24.3 Å². The van der Waals surface area contributed by atoms with Gasteiger partial charge < -0.3 is 10.4 Å². The second-order valence-electron chi connectivity index (χ2n) is 6.56. The first kappa shape index (κ1) is 15.6. The number of hydrogen-bond donors (Lipinski definition) is 2. The number of sulfonamides is 1. The molecule has 0 amide bonds. The first-order valence-corrected chi connectivity index (χ1v) is 9.31. The zero-order chi connectivity index (χ0) is 16.9. The van der Waals surface area contributed by atoms with Gasteiger partial charge in [-0.1, -0.05) is 36.4 Å². The molecule has 2 aliphatic heterocycles. The molecule has 2 heterocycles. The van der Waals surface area contributed by atoms with Gasteiger partial charge in [0.05, 0.1) is 10.3 Å². The minimum absolute atomic E-state index is 0.0194. The van der Waals surface area contributed by atoms with Crippen molar-refractivity contribution in [3.8, 4) is 0 Å². The highest BCUT2D eigenvalue weighted by Crippen LogP contribution is 2.42. The minimum Gasteiger partial charge on any atom is -0.481 e. The predicted octanol–water partition coefficient (Wildman–Crippen LogP) is 1.13. The van der Waals surface area contributed by atoms with Crippen molar-refractivity contribution in [3.63, 3.8) is 0 Å². The van der Waals surface area contributed by atoms with Crippen LogP contribution in [-0.2, 0) is 14.8 Å². The van der Waals surface area contributed by atoms with Crippen LogP contribution >= 0.6 is 0 Å². The van der Waals surface area contributed by atoms with Crippen LogP contribution in [0.15, 0.2) is 47.4 Å². The summed E-state index contributed by atoms with van der Waals surface area (Å²) in [6.45, 7) is 1.11. The van der Waals surface area contributed by atoms with Gasteiger partial charge in [-0.2, -0.15) is 4.31 Å². The fourth-order valence-corrected chi connectivity index (χ4v) is 5.69. The molecule has 7 heteroatoms. The second kappa shape index (κ2) is 5.27. The van der Waals surface area contributed by atoms with Crippen LogP contribution in [-0.4, -0.2) is 50.0 Å². The SMILES string of the molecule is O=C(O)[C@@]12CNC[C@@H]1CN(S(=O)(=O)c1cccc3ccccc13)C2. The molecule has 2 aliphatic rings. The lowest BCUT2D eigenvalue weighted by Crippen LogP contribution is -2.41. The maximum atomic E-state index is 13.2. The standard InChI is InChI=1S/C17H18N2O4S/c20-16(21)17-10-18-8-13(17)9-19(11-17)24(22,23)15-7-3-5-12-4-1-2-6-14(12)15/h1-7,13,18H,8-11H2,(H,20,21)/t13-,17-/m1/s1. The van der Waals surface area contributed by atoms with Crippen LogP contribution in [0.2, 0.25) is 0 Å². The largest absolute Gasteiger partial charge is 0.481 e. The lowest BCUT2D eigenvalue weighted by molar-refractivity contribution is -0.148. The van der Waals surface area contributed by atoms with Gasteiger partial charge in [-0.25, -0.2) is 8.42 Å². The monoisotopic (exact) mass is 346 g/mol. The van der Waals surface area contributed by atoms with Crippen molar-refractivity contribution in [2.24, 2.45) is 11.3 Å². The highest BCUT2D eigenvalue weighted by atomic mass is 32.2. The fraction of sp³-hybridized carbons (Fsp3) is 0.353. The van der Waals surface area contributed by atoms with E-state index < -0.39 is 21.4 Å². The minimum atomic E-state index is -3.74. The summed E-state index contributed by atoms with van der Waals surface area (Å²) in [5.74, 6) is -1.12. The highest BCUT2D eigenvalue weighted by Gasteiger charge is 2.57. The third-order valence-electron chi connectivity index (χ3n) is 5.29. The second-order valence-corrected chi connectivity index (χ2v) is 8.47. The Bertz CT molecular complexity index is 922. The topological polar surface area (TPSA) is 86.7 Å². The summed E-state index contributed by atoms with van der Waals surface area (Å²) in [5, 5.41) is 14.2. The van der Waals surface area contributed by atoms with E-state index in [2.05, 4.69) is 5.32 Å². The third-order valence-corrected chi connectivity index (χ3v) is 7.16. The molecular weight excluding hydrogens is 328 g/mol. The van der Waals surface area contributed by atoms with Gasteiger partial charge in [0.15, 0.2) is 0 Å². The van der Waals surface area contributed by atoms with Crippen LogP contribution in [0.25, 0.3) is 10.8 Å². The van der Waals surface area contributed by atoms with Gasteiger partial charge in [0.1, 0.15) is 0 Å². The van der Waals surface area contributed by atoms with Crippen molar-refractivity contribution in [2.75, 3.05) is 26.2 Å². The quantitative estimate of drug-likeness (QED) is 0.870. The van der Waals surface area contributed by atoms with Crippen LogP contribution in [0, 0.1) is 11.3 Å². The lowest BCUT2D eigenvalue weighted by atomic mass is 9.81. The molecule has 4 rings (SSSR count). The van der Waals surface area contributed by atoms with E-state index in [0.29, 0.717) is 18.5 Å². The number of hydrogen-bond acceptors (Lipinski definition) is 4. The summed E-state index contributed by atoms with van der Waals surface area (Å²) >= 11 is 0. The van der Waals surface area contributed by atoms with Gasteiger partial charge in [-0.05, 0) is 11.5 Å². The molecule has 0 radical (unpaired) electrons. The Kier molecular flexibility index (Phi) is 3.42. The molecule has 0 aromatic heterocycles. The molecule has 24 heavy (non-hydrogen) atoms. The first-order valence-electron chi connectivity index (χ1n) is 7.87. The summed E-state index contributed by atoms with van der Waals surface area (Å²) in [4.78, 5) is 12.0. The summed E-state index contributed by atoms with van der Waals surface area (Å²) in [7, 11) is -3.74. The third kappa shape index (κ3) is 2.08. The van der Waals surface area contributed by atoms with Gasteiger partial charge in [0, 0.05) is 37.5 Å². The van der Waals surface area contributed by atoms with E-state index in [1.54, 1.807) is 18.2 Å². The summed E-state index contributed by atoms with van der Waals surface area (Å²) in [6, 6.07) is 12.5. The number of aliphatic carboxylic acids is 1. The molecule has 0 saturated carbocycles. The van der Waals surface area contributed by atoms with E-state index in [1.165, 1.54) is 4.31 Å². The van der Waals surface area contributed by atoms with Crippen LogP contribution in [0.5, 0.6) is 0 Å².